The van der Waals surface area contributed by atoms with Gasteiger partial charge in [-0.3, -0.25) is 14.4 Å². The molecule has 1 aromatic carbocycles. The Labute approximate surface area is 195 Å². The number of carbonyl (C=O) groups is 2. The van der Waals surface area contributed by atoms with E-state index in [1.54, 1.807) is 27.0 Å². The molecule has 1 aromatic heterocycles. The number of hydrogen-bond acceptors (Lipinski definition) is 4. The van der Waals surface area contributed by atoms with Crippen molar-refractivity contribution in [1.82, 2.24) is 14.7 Å². The Morgan fingerprint density at radius 2 is 1.94 bits per heavy atom. The number of allylic oxidation sites excluding steroid dienone is 4. The molecular formula is C25H24F2N4O3. The fourth-order valence-corrected chi connectivity index (χ4v) is 4.17. The van der Waals surface area contributed by atoms with Gasteiger partial charge < -0.3 is 10.2 Å². The molecule has 2 amide bonds. The summed E-state index contributed by atoms with van der Waals surface area (Å²) in [6.45, 7) is 3.34. The highest BCUT2D eigenvalue weighted by molar-refractivity contribution is 6.06. The first-order valence-corrected chi connectivity index (χ1v) is 10.8. The lowest BCUT2D eigenvalue weighted by molar-refractivity contribution is -0.129. The van der Waals surface area contributed by atoms with Crippen LogP contribution in [-0.4, -0.2) is 33.5 Å². The molecule has 2 unspecified atom stereocenters. The average molecular weight is 466 g/mol. The third kappa shape index (κ3) is 4.59. The van der Waals surface area contributed by atoms with Crippen molar-refractivity contribution in [2.45, 2.75) is 26.7 Å². The number of halogens is 2. The number of aromatic nitrogens is 2. The van der Waals surface area contributed by atoms with Gasteiger partial charge in [0.1, 0.15) is 17.3 Å². The Balaban J connectivity index is 1.67. The van der Waals surface area contributed by atoms with E-state index >= 15 is 0 Å². The lowest BCUT2D eigenvalue weighted by Gasteiger charge is -2.32. The van der Waals surface area contributed by atoms with Gasteiger partial charge in [0.15, 0.2) is 0 Å². The summed E-state index contributed by atoms with van der Waals surface area (Å²) in [6.07, 6.45) is 7.86. The summed E-state index contributed by atoms with van der Waals surface area (Å²) >= 11 is 0. The van der Waals surface area contributed by atoms with E-state index in [9.17, 15) is 23.2 Å². The van der Waals surface area contributed by atoms with Gasteiger partial charge in [-0.15, -0.1) is 0 Å². The van der Waals surface area contributed by atoms with Gasteiger partial charge in [0, 0.05) is 42.9 Å². The van der Waals surface area contributed by atoms with E-state index < -0.39 is 23.2 Å². The van der Waals surface area contributed by atoms with Gasteiger partial charge >= 0.3 is 0 Å². The SMILES string of the molecule is Cc1cnn(-c2cc(NC(=O)C3=CN(C)C(=O)CC3C3C=CC(F)=CC3)c(C)cc2F)c(=O)c1. The fourth-order valence-electron chi connectivity index (χ4n) is 4.17. The molecular weight excluding hydrogens is 442 g/mol. The Kier molecular flexibility index (Phi) is 6.28. The van der Waals surface area contributed by atoms with Gasteiger partial charge in [0.2, 0.25) is 5.91 Å². The molecule has 176 valence electrons. The van der Waals surface area contributed by atoms with Crippen molar-refractivity contribution in [3.05, 3.63) is 87.5 Å². The van der Waals surface area contributed by atoms with Gasteiger partial charge in [-0.2, -0.15) is 9.78 Å². The lowest BCUT2D eigenvalue weighted by atomic mass is 9.78. The molecule has 1 aliphatic heterocycles. The molecule has 0 fully saturated rings. The number of aryl methyl sites for hydroxylation is 2. The van der Waals surface area contributed by atoms with Crippen molar-refractivity contribution in [3.63, 3.8) is 0 Å². The van der Waals surface area contributed by atoms with Crippen LogP contribution in [-0.2, 0) is 9.59 Å². The van der Waals surface area contributed by atoms with Gasteiger partial charge in [-0.25, -0.2) is 8.78 Å². The van der Waals surface area contributed by atoms with E-state index in [1.807, 2.05) is 0 Å². The van der Waals surface area contributed by atoms with E-state index in [4.69, 9.17) is 0 Å². The maximum absolute atomic E-state index is 14.7. The highest BCUT2D eigenvalue weighted by atomic mass is 19.1. The molecule has 2 aromatic rings. The van der Waals surface area contributed by atoms with Crippen LogP contribution in [0.15, 0.2) is 65.0 Å². The number of hydrogen-bond donors (Lipinski definition) is 1. The quantitative estimate of drug-likeness (QED) is 0.745. The second kappa shape index (κ2) is 9.17. The van der Waals surface area contributed by atoms with Crippen molar-refractivity contribution in [2.24, 2.45) is 11.8 Å². The average Bonchev–Trinajstić information content (AvgIpc) is 2.78. The summed E-state index contributed by atoms with van der Waals surface area (Å²) in [5, 5.41) is 6.79. The van der Waals surface area contributed by atoms with Gasteiger partial charge in [-0.1, -0.05) is 6.08 Å². The highest BCUT2D eigenvalue weighted by Crippen LogP contribution is 2.36. The molecule has 2 atom stereocenters. The molecule has 0 bridgehead atoms. The zero-order chi connectivity index (χ0) is 24.6. The standard InChI is InChI=1S/C25H24F2N4O3/c1-14-8-24(33)31(28-12-14)22-11-21(15(2)9-20(22)27)29-25(34)19-13-30(3)23(32)10-18(19)16-4-6-17(26)7-5-16/h4,6-9,11-13,16,18H,5,10H2,1-3H3,(H,29,34). The van der Waals surface area contributed by atoms with Crippen LogP contribution in [0, 0.1) is 31.5 Å². The number of amides is 2. The number of benzene rings is 1. The monoisotopic (exact) mass is 466 g/mol. The third-order valence-corrected chi connectivity index (χ3v) is 6.09. The predicted octanol–water partition coefficient (Wildman–Crippen LogP) is 3.72. The molecule has 0 saturated heterocycles. The van der Waals surface area contributed by atoms with Gasteiger partial charge in [0.25, 0.3) is 11.5 Å². The maximum atomic E-state index is 14.7. The lowest BCUT2D eigenvalue weighted by Crippen LogP contribution is -2.37. The number of nitrogens with zero attached hydrogens (tertiary/aromatic N) is 3. The molecule has 4 rings (SSSR count). The summed E-state index contributed by atoms with van der Waals surface area (Å²) in [5.41, 5.74) is 1.17. The zero-order valence-electron chi connectivity index (χ0n) is 19.0. The number of anilines is 1. The van der Waals surface area contributed by atoms with Crippen molar-refractivity contribution < 1.29 is 18.4 Å². The summed E-state index contributed by atoms with van der Waals surface area (Å²) in [6, 6.07) is 3.92. The van der Waals surface area contributed by atoms with E-state index in [0.717, 1.165) is 4.68 Å². The predicted molar refractivity (Wildman–Crippen MR) is 123 cm³/mol. The second-order valence-corrected chi connectivity index (χ2v) is 8.60. The summed E-state index contributed by atoms with van der Waals surface area (Å²) in [5.74, 6) is -2.26. The molecule has 1 aliphatic carbocycles. The molecule has 7 nitrogen and oxygen atoms in total. The van der Waals surface area contributed by atoms with Crippen LogP contribution in [0.5, 0.6) is 0 Å². The zero-order valence-corrected chi connectivity index (χ0v) is 19.0. The maximum Gasteiger partial charge on any atom is 0.271 e. The van der Waals surface area contributed by atoms with Crippen LogP contribution in [0.2, 0.25) is 0 Å². The minimum absolute atomic E-state index is 0.0943. The van der Waals surface area contributed by atoms with Crippen LogP contribution in [0.25, 0.3) is 5.69 Å². The largest absolute Gasteiger partial charge is 0.322 e. The van der Waals surface area contributed by atoms with Crippen LogP contribution >= 0.6 is 0 Å². The molecule has 0 spiro atoms. The first-order valence-electron chi connectivity index (χ1n) is 10.8. The number of carbonyl (C=O) groups excluding carboxylic acids is 2. The van der Waals surface area contributed by atoms with E-state index in [2.05, 4.69) is 10.4 Å². The fraction of sp³-hybridized carbons (Fsp3) is 0.280. The summed E-state index contributed by atoms with van der Waals surface area (Å²) in [4.78, 5) is 39.3. The molecule has 9 heteroatoms. The van der Waals surface area contributed by atoms with Crippen LogP contribution in [0.4, 0.5) is 14.5 Å². The Hall–Kier alpha value is -3.88. The molecule has 2 aliphatic rings. The molecule has 0 radical (unpaired) electrons. The van der Waals surface area contributed by atoms with E-state index in [-0.39, 0.29) is 29.8 Å². The first-order chi connectivity index (χ1) is 16.1. The molecule has 2 heterocycles. The number of nitrogens with one attached hydrogen (secondary N) is 1. The second-order valence-electron chi connectivity index (χ2n) is 8.60. The van der Waals surface area contributed by atoms with Gasteiger partial charge in [-0.05, 0) is 61.6 Å². The van der Waals surface area contributed by atoms with Crippen LogP contribution in [0.3, 0.4) is 0 Å². The van der Waals surface area contributed by atoms with Crippen molar-refractivity contribution in [1.29, 1.82) is 0 Å². The Bertz CT molecular complexity index is 1330. The van der Waals surface area contributed by atoms with E-state index in [1.165, 1.54) is 47.6 Å². The Morgan fingerprint density at radius 3 is 2.62 bits per heavy atom. The first kappa shape index (κ1) is 23.3. The minimum atomic E-state index is -0.657. The van der Waals surface area contributed by atoms with E-state index in [0.29, 0.717) is 28.8 Å². The summed E-state index contributed by atoms with van der Waals surface area (Å²) < 4.78 is 29.1. The minimum Gasteiger partial charge on any atom is -0.322 e. The normalized spacial score (nSPS) is 20.1. The highest BCUT2D eigenvalue weighted by Gasteiger charge is 2.35. The van der Waals surface area contributed by atoms with Gasteiger partial charge in [0.05, 0.1) is 6.20 Å². The van der Waals surface area contributed by atoms with Crippen LogP contribution < -0.4 is 10.9 Å². The number of rotatable bonds is 4. The summed E-state index contributed by atoms with van der Waals surface area (Å²) in [7, 11) is 1.57. The third-order valence-electron chi connectivity index (χ3n) is 6.09. The molecule has 34 heavy (non-hydrogen) atoms. The smallest absolute Gasteiger partial charge is 0.271 e. The topological polar surface area (TPSA) is 84.3 Å². The van der Waals surface area contributed by atoms with Crippen LogP contribution in [0.1, 0.15) is 24.0 Å². The van der Waals surface area contributed by atoms with Crippen molar-refractivity contribution in [2.75, 3.05) is 12.4 Å². The van der Waals surface area contributed by atoms with Crippen molar-refractivity contribution in [3.8, 4) is 5.69 Å². The molecule has 0 saturated carbocycles. The van der Waals surface area contributed by atoms with Crippen molar-refractivity contribution >= 4 is 17.5 Å². The Morgan fingerprint density at radius 1 is 1.18 bits per heavy atom. The molecule has 1 N–H and O–H groups in total.